The zero-order chi connectivity index (χ0) is 13.3. The van der Waals surface area contributed by atoms with Crippen molar-refractivity contribution in [3.05, 3.63) is 0 Å². The molecule has 0 aromatic rings. The van der Waals surface area contributed by atoms with Gasteiger partial charge < -0.3 is 20.5 Å². The van der Waals surface area contributed by atoms with E-state index in [9.17, 15) is 4.79 Å². The van der Waals surface area contributed by atoms with Crippen molar-refractivity contribution in [2.24, 2.45) is 5.41 Å². The molecule has 0 radical (unpaired) electrons. The average Bonchev–Trinajstić information content (AvgIpc) is 2.39. The van der Waals surface area contributed by atoms with E-state index in [1.807, 2.05) is 0 Å². The molecule has 1 amide bonds. The largest absolute Gasteiger partial charge is 0.396 e. The van der Waals surface area contributed by atoms with Crippen molar-refractivity contribution in [1.82, 2.24) is 10.6 Å². The van der Waals surface area contributed by atoms with Crippen molar-refractivity contribution in [2.45, 2.75) is 32.1 Å². The van der Waals surface area contributed by atoms with E-state index in [2.05, 4.69) is 10.6 Å². The second-order valence-electron chi connectivity index (χ2n) is 5.00. The number of unbranched alkanes of at least 4 members (excludes halogenated alkanes) is 2. The van der Waals surface area contributed by atoms with Gasteiger partial charge in [0.15, 0.2) is 0 Å². The van der Waals surface area contributed by atoms with Crippen LogP contribution in [0.2, 0.25) is 0 Å². The minimum Gasteiger partial charge on any atom is -0.396 e. The molecular weight excluding hydrogens is 232 g/mol. The van der Waals surface area contributed by atoms with Gasteiger partial charge in [-0.15, -0.1) is 0 Å². The lowest BCUT2D eigenvalue weighted by Gasteiger charge is -2.35. The van der Waals surface area contributed by atoms with Gasteiger partial charge >= 0.3 is 0 Å². The minimum absolute atomic E-state index is 0.120. The van der Waals surface area contributed by atoms with Gasteiger partial charge in [0.2, 0.25) is 5.91 Å². The first-order chi connectivity index (χ1) is 8.75. The summed E-state index contributed by atoms with van der Waals surface area (Å²) in [5.74, 6) is 0.120. The number of carbonyl (C=O) groups excluding carboxylic acids is 1. The van der Waals surface area contributed by atoms with Gasteiger partial charge in [-0.05, 0) is 45.2 Å². The van der Waals surface area contributed by atoms with E-state index >= 15 is 0 Å². The Bertz CT molecular complexity index is 235. The fourth-order valence-electron chi connectivity index (χ4n) is 2.42. The van der Waals surface area contributed by atoms with Crippen molar-refractivity contribution in [3.8, 4) is 0 Å². The molecule has 1 aliphatic rings. The van der Waals surface area contributed by atoms with Gasteiger partial charge in [0.25, 0.3) is 0 Å². The third-order valence-corrected chi connectivity index (χ3v) is 3.58. The lowest BCUT2D eigenvalue weighted by atomic mass is 9.78. The molecule has 18 heavy (non-hydrogen) atoms. The topological polar surface area (TPSA) is 70.6 Å². The highest BCUT2D eigenvalue weighted by atomic mass is 16.5. The summed E-state index contributed by atoms with van der Waals surface area (Å²) >= 11 is 0. The van der Waals surface area contributed by atoms with Crippen LogP contribution in [0.25, 0.3) is 0 Å². The molecule has 5 heteroatoms. The standard InChI is InChI=1S/C13H26N2O3/c1-18-11-13(5-8-14-9-6-13)12(17)15-7-3-2-4-10-16/h14,16H,2-11H2,1H3,(H,15,17). The van der Waals surface area contributed by atoms with Crippen molar-refractivity contribution >= 4 is 5.91 Å². The summed E-state index contributed by atoms with van der Waals surface area (Å²) < 4.78 is 5.23. The molecule has 0 bridgehead atoms. The van der Waals surface area contributed by atoms with Crippen LogP contribution in [-0.2, 0) is 9.53 Å². The number of amides is 1. The Morgan fingerprint density at radius 3 is 2.67 bits per heavy atom. The van der Waals surface area contributed by atoms with E-state index in [-0.39, 0.29) is 17.9 Å². The Hall–Kier alpha value is -0.650. The monoisotopic (exact) mass is 258 g/mol. The first-order valence-corrected chi connectivity index (χ1v) is 6.84. The molecule has 3 N–H and O–H groups in total. The maximum atomic E-state index is 12.3. The molecule has 0 spiro atoms. The van der Waals surface area contributed by atoms with E-state index in [1.165, 1.54) is 0 Å². The quantitative estimate of drug-likeness (QED) is 0.547. The van der Waals surface area contributed by atoms with Crippen LogP contribution in [0.3, 0.4) is 0 Å². The van der Waals surface area contributed by atoms with E-state index in [0.29, 0.717) is 13.2 Å². The first kappa shape index (κ1) is 15.4. The van der Waals surface area contributed by atoms with Gasteiger partial charge in [0.1, 0.15) is 0 Å². The molecule has 1 heterocycles. The Balaban J connectivity index is 2.35. The predicted molar refractivity (Wildman–Crippen MR) is 70.4 cm³/mol. The summed E-state index contributed by atoms with van der Waals surface area (Å²) in [5, 5.41) is 15.0. The van der Waals surface area contributed by atoms with Gasteiger partial charge in [-0.1, -0.05) is 0 Å². The number of ether oxygens (including phenoxy) is 1. The van der Waals surface area contributed by atoms with Gasteiger partial charge in [0, 0.05) is 20.3 Å². The van der Waals surface area contributed by atoms with E-state index in [0.717, 1.165) is 45.2 Å². The molecule has 0 aliphatic carbocycles. The zero-order valence-electron chi connectivity index (χ0n) is 11.3. The van der Waals surface area contributed by atoms with Gasteiger partial charge in [-0.25, -0.2) is 0 Å². The summed E-state index contributed by atoms with van der Waals surface area (Å²) in [6, 6.07) is 0. The summed E-state index contributed by atoms with van der Waals surface area (Å²) in [6.45, 7) is 3.17. The second-order valence-corrected chi connectivity index (χ2v) is 5.00. The maximum absolute atomic E-state index is 12.3. The molecule has 1 fully saturated rings. The number of nitrogens with one attached hydrogen (secondary N) is 2. The van der Waals surface area contributed by atoms with E-state index < -0.39 is 0 Å². The van der Waals surface area contributed by atoms with Crippen LogP contribution in [0, 0.1) is 5.41 Å². The Morgan fingerprint density at radius 1 is 1.33 bits per heavy atom. The number of aliphatic hydroxyl groups is 1. The van der Waals surface area contributed by atoms with Crippen LogP contribution < -0.4 is 10.6 Å². The molecule has 5 nitrogen and oxygen atoms in total. The molecule has 106 valence electrons. The van der Waals surface area contributed by atoms with Gasteiger partial charge in [0.05, 0.1) is 12.0 Å². The number of hydrogen-bond donors (Lipinski definition) is 3. The normalized spacial score (nSPS) is 18.6. The lowest BCUT2D eigenvalue weighted by Crippen LogP contribution is -2.50. The van der Waals surface area contributed by atoms with Gasteiger partial charge in [-0.2, -0.15) is 0 Å². The molecular formula is C13H26N2O3. The second kappa shape index (κ2) is 8.45. The smallest absolute Gasteiger partial charge is 0.228 e. The van der Waals surface area contributed by atoms with Gasteiger partial charge in [-0.3, -0.25) is 4.79 Å². The molecule has 1 saturated heterocycles. The first-order valence-electron chi connectivity index (χ1n) is 6.84. The van der Waals surface area contributed by atoms with Crippen LogP contribution >= 0.6 is 0 Å². The molecule has 0 saturated carbocycles. The number of hydrogen-bond acceptors (Lipinski definition) is 4. The Kier molecular flexibility index (Phi) is 7.23. The fourth-order valence-corrected chi connectivity index (χ4v) is 2.42. The lowest BCUT2D eigenvalue weighted by molar-refractivity contribution is -0.136. The summed E-state index contributed by atoms with van der Waals surface area (Å²) in [5.41, 5.74) is -0.350. The van der Waals surface area contributed by atoms with Crippen molar-refractivity contribution in [1.29, 1.82) is 0 Å². The van der Waals surface area contributed by atoms with E-state index in [4.69, 9.17) is 9.84 Å². The molecule has 0 aromatic heterocycles. The third kappa shape index (κ3) is 4.55. The number of methoxy groups -OCH3 is 1. The zero-order valence-corrected chi connectivity index (χ0v) is 11.3. The van der Waals surface area contributed by atoms with Crippen LogP contribution in [-0.4, -0.2) is 51.0 Å². The molecule has 0 atom stereocenters. The summed E-state index contributed by atoms with van der Waals surface area (Å²) in [6.07, 6.45) is 4.36. The molecule has 0 unspecified atom stereocenters. The van der Waals surface area contributed by atoms with Crippen LogP contribution in [0.5, 0.6) is 0 Å². The highest BCUT2D eigenvalue weighted by molar-refractivity contribution is 5.82. The SMILES string of the molecule is COCC1(C(=O)NCCCCCO)CCNCC1. The highest BCUT2D eigenvalue weighted by Gasteiger charge is 2.39. The third-order valence-electron chi connectivity index (χ3n) is 3.58. The number of carbonyl (C=O) groups is 1. The van der Waals surface area contributed by atoms with Crippen LogP contribution in [0.1, 0.15) is 32.1 Å². The van der Waals surface area contributed by atoms with Crippen molar-refractivity contribution < 1.29 is 14.6 Å². The Labute approximate surface area is 109 Å². The molecule has 0 aromatic carbocycles. The molecule has 1 aliphatic heterocycles. The number of rotatable bonds is 8. The molecule has 1 rings (SSSR count). The average molecular weight is 258 g/mol. The van der Waals surface area contributed by atoms with Crippen molar-refractivity contribution in [2.75, 3.05) is 40.0 Å². The van der Waals surface area contributed by atoms with Crippen LogP contribution in [0.15, 0.2) is 0 Å². The number of piperidine rings is 1. The highest BCUT2D eigenvalue weighted by Crippen LogP contribution is 2.29. The van der Waals surface area contributed by atoms with E-state index in [1.54, 1.807) is 7.11 Å². The summed E-state index contributed by atoms with van der Waals surface area (Å²) in [7, 11) is 1.65. The van der Waals surface area contributed by atoms with Crippen LogP contribution in [0.4, 0.5) is 0 Å². The number of aliphatic hydroxyl groups excluding tert-OH is 1. The summed E-state index contributed by atoms with van der Waals surface area (Å²) in [4.78, 5) is 12.3. The minimum atomic E-state index is -0.350. The fraction of sp³-hybridized carbons (Fsp3) is 0.923. The predicted octanol–water partition coefficient (Wildman–Crippen LogP) is 0.281. The van der Waals surface area contributed by atoms with Crippen molar-refractivity contribution in [3.63, 3.8) is 0 Å². The maximum Gasteiger partial charge on any atom is 0.228 e. The Morgan fingerprint density at radius 2 is 2.06 bits per heavy atom.